The molecule has 1 fully saturated rings. The van der Waals surface area contributed by atoms with Gasteiger partial charge in [-0.2, -0.15) is 0 Å². The molecule has 0 amide bonds. The summed E-state index contributed by atoms with van der Waals surface area (Å²) in [5, 5.41) is 10.7. The summed E-state index contributed by atoms with van der Waals surface area (Å²) in [5.74, 6) is 0.261. The van der Waals surface area contributed by atoms with E-state index < -0.39 is 0 Å². The van der Waals surface area contributed by atoms with E-state index in [-0.39, 0.29) is 12.0 Å². The standard InChI is InChI=1S/C21H27NO/c23-20(17-22-14-8-3-9-15-22)16-21(18-10-4-1-5-11-18)19-12-6-2-7-13-19/h1-2,4-7,10-13,20-21,23H,3,8-9,14-17H2. The zero-order chi connectivity index (χ0) is 15.9. The number of benzene rings is 2. The molecule has 0 bridgehead atoms. The second kappa shape index (κ2) is 8.28. The highest BCUT2D eigenvalue weighted by Crippen LogP contribution is 2.29. The molecule has 1 saturated heterocycles. The van der Waals surface area contributed by atoms with Gasteiger partial charge in [0.2, 0.25) is 0 Å². The number of nitrogens with zero attached hydrogens (tertiary/aromatic N) is 1. The molecule has 0 aliphatic carbocycles. The average molecular weight is 309 g/mol. The molecule has 1 heterocycles. The molecule has 1 aliphatic heterocycles. The molecule has 0 spiro atoms. The lowest BCUT2D eigenvalue weighted by Gasteiger charge is -2.30. The van der Waals surface area contributed by atoms with E-state index in [2.05, 4.69) is 65.6 Å². The van der Waals surface area contributed by atoms with Gasteiger partial charge in [0.15, 0.2) is 0 Å². The van der Waals surface area contributed by atoms with Crippen molar-refractivity contribution in [2.24, 2.45) is 0 Å². The van der Waals surface area contributed by atoms with Crippen LogP contribution in [-0.2, 0) is 0 Å². The zero-order valence-electron chi connectivity index (χ0n) is 13.8. The Kier molecular flexibility index (Phi) is 5.84. The molecule has 2 aromatic carbocycles. The van der Waals surface area contributed by atoms with Crippen LogP contribution >= 0.6 is 0 Å². The topological polar surface area (TPSA) is 23.5 Å². The molecular weight excluding hydrogens is 282 g/mol. The van der Waals surface area contributed by atoms with Gasteiger partial charge >= 0.3 is 0 Å². The molecule has 0 aromatic heterocycles. The Balaban J connectivity index is 1.71. The van der Waals surface area contributed by atoms with Crippen LogP contribution in [0.1, 0.15) is 42.7 Å². The van der Waals surface area contributed by atoms with Crippen molar-refractivity contribution in [2.45, 2.75) is 37.7 Å². The van der Waals surface area contributed by atoms with Crippen molar-refractivity contribution < 1.29 is 5.11 Å². The number of likely N-dealkylation sites (tertiary alicyclic amines) is 1. The fraction of sp³-hybridized carbons (Fsp3) is 0.429. The Morgan fingerprint density at radius 2 is 1.30 bits per heavy atom. The van der Waals surface area contributed by atoms with Crippen molar-refractivity contribution in [1.82, 2.24) is 4.90 Å². The van der Waals surface area contributed by atoms with Crippen molar-refractivity contribution in [3.05, 3.63) is 71.8 Å². The highest BCUT2D eigenvalue weighted by molar-refractivity contribution is 5.32. The van der Waals surface area contributed by atoms with Crippen LogP contribution in [0.3, 0.4) is 0 Å². The average Bonchev–Trinajstić information content (AvgIpc) is 2.62. The molecule has 1 unspecified atom stereocenters. The lowest BCUT2D eigenvalue weighted by Crippen LogP contribution is -2.37. The molecule has 2 aromatic rings. The molecule has 2 nitrogen and oxygen atoms in total. The van der Waals surface area contributed by atoms with E-state index >= 15 is 0 Å². The number of aliphatic hydroxyl groups is 1. The normalized spacial score (nSPS) is 17.3. The van der Waals surface area contributed by atoms with Gasteiger partial charge in [-0.15, -0.1) is 0 Å². The first kappa shape index (κ1) is 16.2. The first-order valence-electron chi connectivity index (χ1n) is 8.83. The van der Waals surface area contributed by atoms with E-state index in [9.17, 15) is 5.11 Å². The summed E-state index contributed by atoms with van der Waals surface area (Å²) in [5.41, 5.74) is 2.58. The summed E-state index contributed by atoms with van der Waals surface area (Å²) >= 11 is 0. The number of hydrogen-bond donors (Lipinski definition) is 1. The molecule has 1 aliphatic rings. The number of piperidine rings is 1. The van der Waals surface area contributed by atoms with Crippen LogP contribution in [0.2, 0.25) is 0 Å². The second-order valence-electron chi connectivity index (χ2n) is 6.62. The lowest BCUT2D eigenvalue weighted by atomic mass is 9.86. The van der Waals surface area contributed by atoms with Gasteiger partial charge in [-0.1, -0.05) is 67.1 Å². The van der Waals surface area contributed by atoms with E-state index in [1.807, 2.05) is 0 Å². The minimum Gasteiger partial charge on any atom is -0.392 e. The SMILES string of the molecule is OC(CC(c1ccccc1)c1ccccc1)CN1CCCCC1. The van der Waals surface area contributed by atoms with Crippen molar-refractivity contribution in [3.8, 4) is 0 Å². The van der Waals surface area contributed by atoms with Crippen LogP contribution in [0.4, 0.5) is 0 Å². The first-order chi connectivity index (χ1) is 11.3. The molecule has 3 rings (SSSR count). The van der Waals surface area contributed by atoms with Gasteiger partial charge < -0.3 is 10.0 Å². The quantitative estimate of drug-likeness (QED) is 0.870. The molecular formula is C21H27NO. The Bertz CT molecular complexity index is 523. The third-order valence-electron chi connectivity index (χ3n) is 4.83. The Morgan fingerprint density at radius 1 is 0.783 bits per heavy atom. The lowest BCUT2D eigenvalue weighted by molar-refractivity contribution is 0.0917. The largest absolute Gasteiger partial charge is 0.392 e. The van der Waals surface area contributed by atoms with Crippen molar-refractivity contribution in [2.75, 3.05) is 19.6 Å². The van der Waals surface area contributed by atoms with E-state index in [0.717, 1.165) is 26.1 Å². The summed E-state index contributed by atoms with van der Waals surface area (Å²) in [6.07, 6.45) is 4.38. The second-order valence-corrected chi connectivity index (χ2v) is 6.62. The van der Waals surface area contributed by atoms with Crippen molar-refractivity contribution in [3.63, 3.8) is 0 Å². The summed E-state index contributed by atoms with van der Waals surface area (Å²) in [6, 6.07) is 21.1. The van der Waals surface area contributed by atoms with Crippen LogP contribution < -0.4 is 0 Å². The number of rotatable bonds is 6. The highest BCUT2D eigenvalue weighted by Gasteiger charge is 2.21. The number of hydrogen-bond acceptors (Lipinski definition) is 2. The van der Waals surface area contributed by atoms with Crippen LogP contribution in [0, 0.1) is 0 Å². The molecule has 2 heteroatoms. The van der Waals surface area contributed by atoms with Crippen molar-refractivity contribution in [1.29, 1.82) is 0 Å². The van der Waals surface area contributed by atoms with Gasteiger partial charge in [-0.05, 0) is 43.5 Å². The van der Waals surface area contributed by atoms with E-state index in [0.29, 0.717) is 0 Å². The van der Waals surface area contributed by atoms with Gasteiger partial charge in [0.1, 0.15) is 0 Å². The molecule has 1 atom stereocenters. The van der Waals surface area contributed by atoms with Crippen LogP contribution in [0.5, 0.6) is 0 Å². The summed E-state index contributed by atoms with van der Waals surface area (Å²) in [7, 11) is 0. The zero-order valence-corrected chi connectivity index (χ0v) is 13.8. The first-order valence-corrected chi connectivity index (χ1v) is 8.83. The van der Waals surface area contributed by atoms with Gasteiger partial charge in [-0.25, -0.2) is 0 Å². The van der Waals surface area contributed by atoms with Gasteiger partial charge in [-0.3, -0.25) is 0 Å². The number of aliphatic hydroxyl groups excluding tert-OH is 1. The minimum atomic E-state index is -0.279. The maximum absolute atomic E-state index is 10.7. The van der Waals surface area contributed by atoms with E-state index in [4.69, 9.17) is 0 Å². The Labute approximate surface area is 139 Å². The molecule has 122 valence electrons. The van der Waals surface area contributed by atoms with Gasteiger partial charge in [0, 0.05) is 12.5 Å². The van der Waals surface area contributed by atoms with Crippen LogP contribution in [0.15, 0.2) is 60.7 Å². The maximum atomic E-state index is 10.7. The van der Waals surface area contributed by atoms with Crippen LogP contribution in [-0.4, -0.2) is 35.7 Å². The number of β-amino-alcohol motifs (C(OH)–C–C–N with tert-alkyl or cyclic N) is 1. The van der Waals surface area contributed by atoms with Crippen LogP contribution in [0.25, 0.3) is 0 Å². The fourth-order valence-corrected chi connectivity index (χ4v) is 3.62. The van der Waals surface area contributed by atoms with Crippen molar-refractivity contribution >= 4 is 0 Å². The summed E-state index contributed by atoms with van der Waals surface area (Å²) in [6.45, 7) is 3.08. The van der Waals surface area contributed by atoms with Gasteiger partial charge in [0.05, 0.1) is 6.10 Å². The predicted octanol–water partition coefficient (Wildman–Crippen LogP) is 4.06. The molecule has 23 heavy (non-hydrogen) atoms. The Hall–Kier alpha value is -1.64. The molecule has 1 N–H and O–H groups in total. The molecule has 0 saturated carbocycles. The van der Waals surface area contributed by atoms with Gasteiger partial charge in [0.25, 0.3) is 0 Å². The summed E-state index contributed by atoms with van der Waals surface area (Å²) in [4.78, 5) is 2.42. The monoisotopic (exact) mass is 309 g/mol. The smallest absolute Gasteiger partial charge is 0.0676 e. The third-order valence-corrected chi connectivity index (χ3v) is 4.83. The van der Waals surface area contributed by atoms with E-state index in [1.165, 1.54) is 30.4 Å². The fourth-order valence-electron chi connectivity index (χ4n) is 3.62. The highest BCUT2D eigenvalue weighted by atomic mass is 16.3. The summed E-state index contributed by atoms with van der Waals surface area (Å²) < 4.78 is 0. The third kappa shape index (κ3) is 4.66. The molecule has 0 radical (unpaired) electrons. The maximum Gasteiger partial charge on any atom is 0.0676 e. The minimum absolute atomic E-state index is 0.261. The Morgan fingerprint density at radius 3 is 1.83 bits per heavy atom. The van der Waals surface area contributed by atoms with E-state index in [1.54, 1.807) is 0 Å². The predicted molar refractivity (Wildman–Crippen MR) is 95.6 cm³/mol.